The number of nitrogens with two attached hydrogens (primary N) is 2. The van der Waals surface area contributed by atoms with Crippen LogP contribution in [0.15, 0.2) is 12.1 Å². The van der Waals surface area contributed by atoms with E-state index >= 15 is 0 Å². The molecule has 0 saturated carbocycles. The molecule has 106 valence electrons. The van der Waals surface area contributed by atoms with Gasteiger partial charge in [0.1, 0.15) is 11.5 Å². The van der Waals surface area contributed by atoms with E-state index in [0.717, 1.165) is 6.26 Å². The topological polar surface area (TPSA) is 128 Å². The zero-order valence-electron chi connectivity index (χ0n) is 11.1. The lowest BCUT2D eigenvalue weighted by Gasteiger charge is -2.23. The number of nitrogen functional groups attached to an aromatic ring is 1. The number of carbonyl (C=O) groups is 1. The number of sulfone groups is 1. The Balaban J connectivity index is 2.95. The van der Waals surface area contributed by atoms with Crippen LogP contribution in [0.5, 0.6) is 0 Å². The molecule has 0 spiro atoms. The number of primary amides is 1. The van der Waals surface area contributed by atoms with Crippen molar-refractivity contribution in [2.75, 3.05) is 23.9 Å². The van der Waals surface area contributed by atoms with Gasteiger partial charge in [0.2, 0.25) is 0 Å². The highest BCUT2D eigenvalue weighted by molar-refractivity contribution is 7.92. The molecule has 0 aromatic carbocycles. The summed E-state index contributed by atoms with van der Waals surface area (Å²) in [5.41, 5.74) is 11.2. The van der Waals surface area contributed by atoms with Crippen molar-refractivity contribution in [3.8, 4) is 0 Å². The first kappa shape index (κ1) is 15.2. The normalized spacial score (nSPS) is 12.2. The molecule has 0 saturated heterocycles. The van der Waals surface area contributed by atoms with Gasteiger partial charge in [-0.05, 0) is 26.0 Å². The van der Waals surface area contributed by atoms with E-state index < -0.39 is 20.5 Å². The van der Waals surface area contributed by atoms with Gasteiger partial charge < -0.3 is 16.8 Å². The van der Waals surface area contributed by atoms with Crippen LogP contribution in [0.25, 0.3) is 0 Å². The molecule has 1 amide bonds. The number of carbonyl (C=O) groups excluding carboxylic acids is 1. The third-order valence-corrected chi connectivity index (χ3v) is 5.02. The van der Waals surface area contributed by atoms with Gasteiger partial charge in [-0.1, -0.05) is 0 Å². The van der Waals surface area contributed by atoms with E-state index in [2.05, 4.69) is 10.3 Å². The maximum atomic E-state index is 11.6. The second-order valence-corrected chi connectivity index (χ2v) is 7.53. The smallest absolute Gasteiger partial charge is 0.267 e. The summed E-state index contributed by atoms with van der Waals surface area (Å²) < 4.78 is 22.2. The summed E-state index contributed by atoms with van der Waals surface area (Å²) in [5.74, 6) is -0.432. The summed E-state index contributed by atoms with van der Waals surface area (Å²) in [6, 6.07) is 2.90. The Morgan fingerprint density at radius 1 is 1.42 bits per heavy atom. The van der Waals surface area contributed by atoms with Gasteiger partial charge in [0.15, 0.2) is 9.84 Å². The molecule has 0 aliphatic carbocycles. The summed E-state index contributed by atoms with van der Waals surface area (Å²) in [6.07, 6.45) is 1.16. The summed E-state index contributed by atoms with van der Waals surface area (Å²) in [4.78, 5) is 15.0. The lowest BCUT2D eigenvalue weighted by atomic mass is 10.2. The monoisotopic (exact) mass is 286 g/mol. The van der Waals surface area contributed by atoms with Crippen LogP contribution in [-0.4, -0.2) is 36.9 Å². The second kappa shape index (κ2) is 5.04. The van der Waals surface area contributed by atoms with E-state index in [1.54, 1.807) is 13.8 Å². The van der Waals surface area contributed by atoms with Crippen LogP contribution in [0.4, 0.5) is 11.5 Å². The van der Waals surface area contributed by atoms with Gasteiger partial charge in [-0.3, -0.25) is 4.79 Å². The van der Waals surface area contributed by atoms with E-state index in [9.17, 15) is 13.2 Å². The Bertz CT molecular complexity index is 596. The van der Waals surface area contributed by atoms with E-state index in [4.69, 9.17) is 11.5 Å². The van der Waals surface area contributed by atoms with Crippen LogP contribution >= 0.6 is 0 Å². The minimum atomic E-state index is -3.23. The first-order chi connectivity index (χ1) is 8.54. The van der Waals surface area contributed by atoms with Crippen LogP contribution in [0.1, 0.15) is 24.3 Å². The fourth-order valence-corrected chi connectivity index (χ4v) is 1.51. The number of aromatic nitrogens is 1. The first-order valence-electron chi connectivity index (χ1n) is 5.54. The maximum Gasteiger partial charge on any atom is 0.267 e. The van der Waals surface area contributed by atoms with E-state index in [0.29, 0.717) is 5.69 Å². The van der Waals surface area contributed by atoms with E-state index in [-0.39, 0.29) is 18.1 Å². The lowest BCUT2D eigenvalue weighted by molar-refractivity contribution is 0.0995. The highest BCUT2D eigenvalue weighted by Crippen LogP contribution is 2.20. The molecule has 8 heteroatoms. The molecule has 0 fully saturated rings. The number of nitrogens with zero attached hydrogens (tertiary/aromatic N) is 1. The molecule has 0 aliphatic rings. The highest BCUT2D eigenvalue weighted by atomic mass is 32.2. The van der Waals surface area contributed by atoms with Crippen LogP contribution in [-0.2, 0) is 9.84 Å². The van der Waals surface area contributed by atoms with Crippen LogP contribution in [0.2, 0.25) is 0 Å². The molecule has 0 radical (unpaired) electrons. The van der Waals surface area contributed by atoms with Crippen molar-refractivity contribution in [1.29, 1.82) is 0 Å². The average Bonchev–Trinajstić information content (AvgIpc) is 2.26. The van der Waals surface area contributed by atoms with E-state index in [1.165, 1.54) is 12.1 Å². The Hall–Kier alpha value is -1.83. The number of anilines is 2. The van der Waals surface area contributed by atoms with Crippen molar-refractivity contribution in [3.05, 3.63) is 17.8 Å². The third-order valence-electron chi connectivity index (χ3n) is 2.86. The number of rotatable bonds is 5. The van der Waals surface area contributed by atoms with Crippen molar-refractivity contribution in [3.63, 3.8) is 0 Å². The number of pyridine rings is 1. The summed E-state index contributed by atoms with van der Waals surface area (Å²) >= 11 is 0. The van der Waals surface area contributed by atoms with Gasteiger partial charge in [0.25, 0.3) is 5.91 Å². The van der Waals surface area contributed by atoms with Crippen molar-refractivity contribution >= 4 is 27.2 Å². The zero-order chi connectivity index (χ0) is 14.8. The largest absolute Gasteiger partial charge is 0.396 e. The Morgan fingerprint density at radius 2 is 2.00 bits per heavy atom. The van der Waals surface area contributed by atoms with Gasteiger partial charge in [-0.2, -0.15) is 0 Å². The molecule has 0 bridgehead atoms. The predicted octanol–water partition coefficient (Wildman–Crippen LogP) is -0.00220. The number of hydrogen-bond acceptors (Lipinski definition) is 6. The molecular formula is C11H18N4O3S. The second-order valence-electron chi connectivity index (χ2n) is 4.88. The van der Waals surface area contributed by atoms with Crippen LogP contribution < -0.4 is 16.8 Å². The standard InChI is InChI=1S/C11H18N4O3S/c1-11(2,19(3,17)18)6-14-10-7(12)4-5-8(15-10)9(13)16/h4-5H,6,12H2,1-3H3,(H2,13,16)(H,14,15). The minimum Gasteiger partial charge on any atom is -0.396 e. The fourth-order valence-electron chi connectivity index (χ4n) is 1.18. The van der Waals surface area contributed by atoms with Gasteiger partial charge in [-0.15, -0.1) is 0 Å². The van der Waals surface area contributed by atoms with E-state index in [1.807, 2.05) is 0 Å². The molecule has 1 aromatic rings. The molecule has 0 unspecified atom stereocenters. The SMILES string of the molecule is CC(C)(CNc1nc(C(N)=O)ccc1N)S(C)(=O)=O. The number of nitrogens with one attached hydrogen (secondary N) is 1. The third kappa shape index (κ3) is 3.57. The molecule has 1 aromatic heterocycles. The Morgan fingerprint density at radius 3 is 2.47 bits per heavy atom. The van der Waals surface area contributed by atoms with Gasteiger partial charge >= 0.3 is 0 Å². The Kier molecular flexibility index (Phi) is 4.04. The first-order valence-corrected chi connectivity index (χ1v) is 7.43. The molecule has 1 heterocycles. The Labute approximate surface area is 112 Å². The van der Waals surface area contributed by atoms with Crippen molar-refractivity contribution in [1.82, 2.24) is 4.98 Å². The number of amides is 1. The summed E-state index contributed by atoms with van der Waals surface area (Å²) in [6.45, 7) is 3.29. The molecule has 0 aliphatic heterocycles. The molecular weight excluding hydrogens is 268 g/mol. The molecule has 5 N–H and O–H groups in total. The van der Waals surface area contributed by atoms with Crippen molar-refractivity contribution in [2.45, 2.75) is 18.6 Å². The molecule has 19 heavy (non-hydrogen) atoms. The van der Waals surface area contributed by atoms with Crippen molar-refractivity contribution in [2.24, 2.45) is 5.73 Å². The predicted molar refractivity (Wildman–Crippen MR) is 74.6 cm³/mol. The van der Waals surface area contributed by atoms with Gasteiger partial charge in [-0.25, -0.2) is 13.4 Å². The minimum absolute atomic E-state index is 0.0638. The summed E-state index contributed by atoms with van der Waals surface area (Å²) in [7, 11) is -3.23. The zero-order valence-corrected chi connectivity index (χ0v) is 11.9. The van der Waals surface area contributed by atoms with Crippen molar-refractivity contribution < 1.29 is 13.2 Å². The summed E-state index contributed by atoms with van der Waals surface area (Å²) in [5, 5.41) is 2.83. The van der Waals surface area contributed by atoms with Gasteiger partial charge in [0, 0.05) is 12.8 Å². The fraction of sp³-hybridized carbons (Fsp3) is 0.455. The average molecular weight is 286 g/mol. The molecule has 1 rings (SSSR count). The number of hydrogen-bond donors (Lipinski definition) is 3. The molecule has 7 nitrogen and oxygen atoms in total. The quantitative estimate of drug-likeness (QED) is 0.698. The highest BCUT2D eigenvalue weighted by Gasteiger charge is 2.30. The van der Waals surface area contributed by atoms with Gasteiger partial charge in [0.05, 0.1) is 10.4 Å². The van der Waals surface area contributed by atoms with Crippen LogP contribution in [0, 0.1) is 0 Å². The van der Waals surface area contributed by atoms with Crippen LogP contribution in [0.3, 0.4) is 0 Å². The maximum absolute atomic E-state index is 11.6. The molecule has 0 atom stereocenters. The lowest BCUT2D eigenvalue weighted by Crippen LogP contribution is -2.38.